The van der Waals surface area contributed by atoms with Crippen LogP contribution in [0.5, 0.6) is 5.75 Å². The fourth-order valence-electron chi connectivity index (χ4n) is 1.72. The van der Waals surface area contributed by atoms with Gasteiger partial charge in [0.05, 0.1) is 19.3 Å². The van der Waals surface area contributed by atoms with E-state index in [1.54, 1.807) is 48.8 Å². The summed E-state index contributed by atoms with van der Waals surface area (Å²) >= 11 is 0. The summed E-state index contributed by atoms with van der Waals surface area (Å²) in [6.07, 6.45) is 3.25. The van der Waals surface area contributed by atoms with Crippen LogP contribution in [0, 0.1) is 11.8 Å². The number of carbonyl (C=O) groups excluding carboxylic acids is 2. The van der Waals surface area contributed by atoms with Crippen molar-refractivity contribution in [2.24, 2.45) is 0 Å². The summed E-state index contributed by atoms with van der Waals surface area (Å²) in [5, 5.41) is 5.13. The lowest BCUT2D eigenvalue weighted by atomic mass is 10.2. The number of pyridine rings is 1. The summed E-state index contributed by atoms with van der Waals surface area (Å²) in [5.74, 6) is 5.59. The van der Waals surface area contributed by atoms with Gasteiger partial charge in [-0.25, -0.2) is 0 Å². The summed E-state index contributed by atoms with van der Waals surface area (Å²) in [7, 11) is 0. The molecule has 0 saturated carbocycles. The zero-order valence-corrected chi connectivity index (χ0v) is 13.0. The Bertz CT molecular complexity index is 721. The minimum atomic E-state index is -0.304. The summed E-state index contributed by atoms with van der Waals surface area (Å²) < 4.78 is 5.34. The monoisotopic (exact) mass is 323 g/mol. The molecule has 0 aliphatic heterocycles. The van der Waals surface area contributed by atoms with Crippen molar-refractivity contribution in [1.82, 2.24) is 15.6 Å². The topological polar surface area (TPSA) is 80.3 Å². The van der Waals surface area contributed by atoms with Crippen LogP contribution in [0.25, 0.3) is 0 Å². The number of benzene rings is 1. The number of aromatic nitrogens is 1. The zero-order chi connectivity index (χ0) is 17.0. The molecule has 6 heteroatoms. The van der Waals surface area contributed by atoms with E-state index >= 15 is 0 Å². The normalized spacial score (nSPS) is 9.33. The first-order valence-electron chi connectivity index (χ1n) is 7.34. The summed E-state index contributed by atoms with van der Waals surface area (Å²) in [6.45, 7) is 0.310. The van der Waals surface area contributed by atoms with E-state index in [1.165, 1.54) is 0 Å². The average Bonchev–Trinajstić information content (AvgIpc) is 2.64. The lowest BCUT2D eigenvalue weighted by molar-refractivity contribution is -0.119. The van der Waals surface area contributed by atoms with Crippen molar-refractivity contribution >= 4 is 11.8 Å². The molecule has 0 unspecified atom stereocenters. The van der Waals surface area contributed by atoms with E-state index < -0.39 is 0 Å². The van der Waals surface area contributed by atoms with E-state index in [-0.39, 0.29) is 31.5 Å². The molecule has 2 aromatic rings. The van der Waals surface area contributed by atoms with E-state index in [0.29, 0.717) is 11.3 Å². The van der Waals surface area contributed by atoms with Gasteiger partial charge in [-0.2, -0.15) is 0 Å². The van der Waals surface area contributed by atoms with Crippen molar-refractivity contribution in [3.05, 3.63) is 60.4 Å². The van der Waals surface area contributed by atoms with Crippen LogP contribution in [-0.2, 0) is 4.79 Å². The standard InChI is InChI=1S/C18H17N3O3/c22-17(14-21-18(23)15-7-2-1-3-8-15)20-11-4-5-12-24-16-9-6-10-19-13-16/h1-3,6-10,13H,11-12,14H2,(H,20,22)(H,21,23). The maximum absolute atomic E-state index is 11.8. The Labute approximate surface area is 140 Å². The highest BCUT2D eigenvalue weighted by Crippen LogP contribution is 2.04. The number of carbonyl (C=O) groups is 2. The number of ether oxygens (including phenoxy) is 1. The van der Waals surface area contributed by atoms with Crippen molar-refractivity contribution in [1.29, 1.82) is 0 Å². The maximum Gasteiger partial charge on any atom is 0.251 e. The van der Waals surface area contributed by atoms with Gasteiger partial charge in [-0.3, -0.25) is 14.6 Å². The second-order valence-corrected chi connectivity index (χ2v) is 4.66. The summed E-state index contributed by atoms with van der Waals surface area (Å²) in [6, 6.07) is 12.3. The van der Waals surface area contributed by atoms with Crippen LogP contribution < -0.4 is 15.4 Å². The fraction of sp³-hybridized carbons (Fsp3) is 0.167. The first-order chi connectivity index (χ1) is 11.8. The Hall–Kier alpha value is -3.33. The highest BCUT2D eigenvalue weighted by molar-refractivity contribution is 5.96. The largest absolute Gasteiger partial charge is 0.479 e. The number of rotatable bonds is 6. The zero-order valence-electron chi connectivity index (χ0n) is 13.0. The smallest absolute Gasteiger partial charge is 0.251 e. The van der Waals surface area contributed by atoms with Crippen molar-refractivity contribution < 1.29 is 14.3 Å². The molecule has 0 spiro atoms. The van der Waals surface area contributed by atoms with Gasteiger partial charge in [0, 0.05) is 11.8 Å². The van der Waals surface area contributed by atoms with Crippen LogP contribution in [-0.4, -0.2) is 36.5 Å². The van der Waals surface area contributed by atoms with Crippen LogP contribution in [0.4, 0.5) is 0 Å². The van der Waals surface area contributed by atoms with Gasteiger partial charge in [-0.15, -0.1) is 0 Å². The van der Waals surface area contributed by atoms with Gasteiger partial charge in [0.2, 0.25) is 5.91 Å². The number of amides is 2. The van der Waals surface area contributed by atoms with E-state index in [9.17, 15) is 9.59 Å². The lowest BCUT2D eigenvalue weighted by Gasteiger charge is -2.04. The number of hydrogen-bond acceptors (Lipinski definition) is 4. The summed E-state index contributed by atoms with van der Waals surface area (Å²) in [5.41, 5.74) is 0.512. The predicted molar refractivity (Wildman–Crippen MR) is 89.3 cm³/mol. The van der Waals surface area contributed by atoms with Gasteiger partial charge in [0.15, 0.2) is 0 Å². The van der Waals surface area contributed by atoms with Crippen molar-refractivity contribution in [3.63, 3.8) is 0 Å². The third-order valence-corrected chi connectivity index (χ3v) is 2.89. The van der Waals surface area contributed by atoms with Gasteiger partial charge in [0.1, 0.15) is 12.4 Å². The molecule has 0 aliphatic rings. The Balaban J connectivity index is 1.60. The lowest BCUT2D eigenvalue weighted by Crippen LogP contribution is -2.37. The molecule has 24 heavy (non-hydrogen) atoms. The van der Waals surface area contributed by atoms with Gasteiger partial charge < -0.3 is 15.4 Å². The SMILES string of the molecule is O=C(CNC(=O)c1ccccc1)NCC#CCOc1cccnc1. The average molecular weight is 323 g/mol. The first-order valence-corrected chi connectivity index (χ1v) is 7.34. The second-order valence-electron chi connectivity index (χ2n) is 4.66. The molecular formula is C18H17N3O3. The molecular weight excluding hydrogens is 306 g/mol. The minimum Gasteiger partial charge on any atom is -0.479 e. The number of nitrogens with zero attached hydrogens (tertiary/aromatic N) is 1. The first kappa shape index (κ1) is 17.0. The molecule has 0 aliphatic carbocycles. The van der Waals surface area contributed by atoms with Crippen molar-refractivity contribution in [2.45, 2.75) is 0 Å². The number of nitrogens with one attached hydrogen (secondary N) is 2. The van der Waals surface area contributed by atoms with Crippen LogP contribution in [0.3, 0.4) is 0 Å². The highest BCUT2D eigenvalue weighted by atomic mass is 16.5. The second kappa shape index (κ2) is 9.64. The Morgan fingerprint density at radius 1 is 1.04 bits per heavy atom. The molecule has 0 saturated heterocycles. The molecule has 2 rings (SSSR count). The van der Waals surface area contributed by atoms with Crippen LogP contribution in [0.15, 0.2) is 54.9 Å². The predicted octanol–water partition coefficient (Wildman–Crippen LogP) is 1.01. The van der Waals surface area contributed by atoms with E-state index in [1.807, 2.05) is 6.07 Å². The van der Waals surface area contributed by atoms with Crippen molar-refractivity contribution in [2.75, 3.05) is 19.7 Å². The molecule has 122 valence electrons. The van der Waals surface area contributed by atoms with Gasteiger partial charge >= 0.3 is 0 Å². The quantitative estimate of drug-likeness (QED) is 0.778. The molecule has 0 radical (unpaired) electrons. The van der Waals surface area contributed by atoms with Crippen LogP contribution >= 0.6 is 0 Å². The molecule has 1 heterocycles. The van der Waals surface area contributed by atoms with Gasteiger partial charge in [0.25, 0.3) is 5.91 Å². The molecule has 6 nitrogen and oxygen atoms in total. The highest BCUT2D eigenvalue weighted by Gasteiger charge is 2.06. The maximum atomic E-state index is 11.8. The van der Waals surface area contributed by atoms with Gasteiger partial charge in [-0.1, -0.05) is 30.0 Å². The molecule has 0 bridgehead atoms. The van der Waals surface area contributed by atoms with Crippen molar-refractivity contribution in [3.8, 4) is 17.6 Å². The number of hydrogen-bond donors (Lipinski definition) is 2. The molecule has 0 atom stereocenters. The molecule has 2 N–H and O–H groups in total. The fourth-order valence-corrected chi connectivity index (χ4v) is 1.72. The Kier molecular flexibility index (Phi) is 6.84. The van der Waals surface area contributed by atoms with E-state index in [4.69, 9.17) is 4.74 Å². The minimum absolute atomic E-state index is 0.0956. The molecule has 0 fully saturated rings. The Morgan fingerprint density at radius 2 is 1.88 bits per heavy atom. The molecule has 1 aromatic carbocycles. The summed E-state index contributed by atoms with van der Waals surface area (Å²) in [4.78, 5) is 27.3. The van der Waals surface area contributed by atoms with Gasteiger partial charge in [-0.05, 0) is 24.3 Å². The van der Waals surface area contributed by atoms with E-state index in [0.717, 1.165) is 0 Å². The third-order valence-electron chi connectivity index (χ3n) is 2.89. The van der Waals surface area contributed by atoms with Crippen LogP contribution in [0.2, 0.25) is 0 Å². The molecule has 1 aromatic heterocycles. The third kappa shape index (κ3) is 6.20. The Morgan fingerprint density at radius 3 is 2.62 bits per heavy atom. The van der Waals surface area contributed by atoms with E-state index in [2.05, 4.69) is 27.5 Å². The molecule has 2 amide bonds. The van der Waals surface area contributed by atoms with Crippen LogP contribution in [0.1, 0.15) is 10.4 Å².